The molecular weight excluding hydrogens is 164 g/mol. The van der Waals surface area contributed by atoms with E-state index in [0.717, 1.165) is 6.42 Å². The van der Waals surface area contributed by atoms with Crippen LogP contribution in [0.2, 0.25) is 0 Å². The van der Waals surface area contributed by atoms with Crippen LogP contribution in [0, 0.1) is 6.92 Å². The summed E-state index contributed by atoms with van der Waals surface area (Å²) in [5.74, 6) is 0. The second-order valence-electron chi connectivity index (χ2n) is 3.18. The summed E-state index contributed by atoms with van der Waals surface area (Å²) in [6.45, 7) is 4.37. The van der Waals surface area contributed by atoms with Gasteiger partial charge in [0.1, 0.15) is 0 Å². The molecule has 0 unspecified atom stereocenters. The van der Waals surface area contributed by atoms with E-state index in [-0.39, 0.29) is 0 Å². The Balaban J connectivity index is 2.49. The van der Waals surface area contributed by atoms with Crippen LogP contribution in [0.3, 0.4) is 0 Å². The Kier molecular flexibility index (Phi) is 1.97. The van der Waals surface area contributed by atoms with Gasteiger partial charge in [0, 0.05) is 4.90 Å². The maximum Gasteiger partial charge on any atom is 0.0183 e. The molecule has 0 nitrogen and oxygen atoms in total. The van der Waals surface area contributed by atoms with Gasteiger partial charge in [-0.05, 0) is 36.3 Å². The van der Waals surface area contributed by atoms with Gasteiger partial charge < -0.3 is 0 Å². The molecule has 1 aromatic carbocycles. The fraction of sp³-hybridized carbons (Fsp3) is 0.273. The van der Waals surface area contributed by atoms with Gasteiger partial charge in [0.2, 0.25) is 0 Å². The number of hydrogen-bond acceptors (Lipinski definition) is 1. The number of fused-ring (bicyclic) bond motifs is 1. The van der Waals surface area contributed by atoms with Crippen LogP contribution in [0.25, 0.3) is 0 Å². The maximum absolute atomic E-state index is 2.30. The molecule has 0 amide bonds. The van der Waals surface area contributed by atoms with E-state index >= 15 is 0 Å². The molecule has 0 aromatic heterocycles. The zero-order valence-electron chi connectivity index (χ0n) is 7.42. The second kappa shape index (κ2) is 2.98. The van der Waals surface area contributed by atoms with E-state index in [2.05, 4.69) is 38.1 Å². The van der Waals surface area contributed by atoms with Gasteiger partial charge in [0.15, 0.2) is 0 Å². The van der Waals surface area contributed by atoms with Crippen LogP contribution in [0.15, 0.2) is 34.1 Å². The second-order valence-corrected chi connectivity index (χ2v) is 4.44. The minimum absolute atomic E-state index is 1.11. The van der Waals surface area contributed by atoms with Crippen molar-refractivity contribution in [2.75, 3.05) is 0 Å². The molecular formula is C11H12S. The molecule has 0 saturated heterocycles. The van der Waals surface area contributed by atoms with E-state index in [0.29, 0.717) is 0 Å². The Hall–Kier alpha value is -0.690. The number of aryl methyl sites for hydroxylation is 1. The third kappa shape index (κ3) is 1.29. The molecule has 0 bridgehead atoms. The number of thioether (sulfide) groups is 1. The Bertz CT molecular complexity index is 337. The van der Waals surface area contributed by atoms with Crippen molar-refractivity contribution in [2.45, 2.75) is 25.2 Å². The van der Waals surface area contributed by atoms with Crippen molar-refractivity contribution in [2.24, 2.45) is 0 Å². The molecule has 1 heteroatoms. The molecule has 1 aliphatic rings. The molecule has 12 heavy (non-hydrogen) atoms. The van der Waals surface area contributed by atoms with E-state index in [1.54, 1.807) is 0 Å². The van der Waals surface area contributed by atoms with Gasteiger partial charge in [-0.25, -0.2) is 0 Å². The topological polar surface area (TPSA) is 0 Å². The van der Waals surface area contributed by atoms with Gasteiger partial charge in [-0.1, -0.05) is 36.0 Å². The third-order valence-electron chi connectivity index (χ3n) is 2.17. The van der Waals surface area contributed by atoms with E-state index < -0.39 is 0 Å². The van der Waals surface area contributed by atoms with Gasteiger partial charge in [-0.2, -0.15) is 0 Å². The summed E-state index contributed by atoms with van der Waals surface area (Å²) in [6, 6.07) is 6.55. The van der Waals surface area contributed by atoms with Crippen LogP contribution in [-0.4, -0.2) is 0 Å². The smallest absolute Gasteiger partial charge is 0.0183 e. The van der Waals surface area contributed by atoms with Crippen molar-refractivity contribution in [1.29, 1.82) is 0 Å². The van der Waals surface area contributed by atoms with E-state index in [4.69, 9.17) is 0 Å². The highest BCUT2D eigenvalue weighted by molar-refractivity contribution is 8.03. The zero-order valence-corrected chi connectivity index (χ0v) is 8.24. The number of hydrogen-bond donors (Lipinski definition) is 0. The number of allylic oxidation sites excluding steroid dienone is 2. The van der Waals surface area contributed by atoms with Crippen LogP contribution in [-0.2, 0) is 6.42 Å². The lowest BCUT2D eigenvalue weighted by atomic mass is 10.1. The van der Waals surface area contributed by atoms with Gasteiger partial charge in [-0.3, -0.25) is 0 Å². The Morgan fingerprint density at radius 3 is 2.92 bits per heavy atom. The van der Waals surface area contributed by atoms with E-state index in [1.807, 2.05) is 11.8 Å². The highest BCUT2D eigenvalue weighted by Gasteiger charge is 2.10. The first kappa shape index (κ1) is 7.93. The predicted molar refractivity (Wildman–Crippen MR) is 54.5 cm³/mol. The van der Waals surface area contributed by atoms with Crippen LogP contribution >= 0.6 is 11.8 Å². The monoisotopic (exact) mass is 176 g/mol. The summed E-state index contributed by atoms with van der Waals surface area (Å²) in [5.41, 5.74) is 2.88. The van der Waals surface area contributed by atoms with Crippen molar-refractivity contribution in [3.63, 3.8) is 0 Å². The molecule has 1 aliphatic heterocycles. The largest absolute Gasteiger partial charge is 0.0946 e. The summed E-state index contributed by atoms with van der Waals surface area (Å²) in [4.78, 5) is 2.90. The van der Waals surface area contributed by atoms with Crippen molar-refractivity contribution in [3.05, 3.63) is 40.3 Å². The number of benzene rings is 1. The molecule has 1 aromatic rings. The summed E-state index contributed by atoms with van der Waals surface area (Å²) in [7, 11) is 0. The minimum Gasteiger partial charge on any atom is -0.0946 e. The maximum atomic E-state index is 2.30. The van der Waals surface area contributed by atoms with Crippen LogP contribution in [0.1, 0.15) is 18.1 Å². The van der Waals surface area contributed by atoms with Gasteiger partial charge in [0.25, 0.3) is 0 Å². The van der Waals surface area contributed by atoms with E-state index in [1.165, 1.54) is 20.9 Å². The van der Waals surface area contributed by atoms with Gasteiger partial charge in [0.05, 0.1) is 0 Å². The standard InChI is InChI=1S/C11H12S/c1-8-4-3-5-10-7-6-9(2)12-11(8)10/h3-6H,7H2,1-2H3. The summed E-state index contributed by atoms with van der Waals surface area (Å²) in [6.07, 6.45) is 3.41. The number of rotatable bonds is 0. The van der Waals surface area contributed by atoms with Crippen molar-refractivity contribution < 1.29 is 0 Å². The first-order valence-electron chi connectivity index (χ1n) is 4.20. The average Bonchev–Trinajstić information content (AvgIpc) is 2.07. The summed E-state index contributed by atoms with van der Waals surface area (Å²) in [5, 5.41) is 0. The summed E-state index contributed by atoms with van der Waals surface area (Å²) < 4.78 is 0. The minimum atomic E-state index is 1.11. The summed E-state index contributed by atoms with van der Waals surface area (Å²) >= 11 is 1.90. The average molecular weight is 176 g/mol. The molecule has 0 fully saturated rings. The molecule has 0 spiro atoms. The molecule has 2 rings (SSSR count). The molecule has 0 radical (unpaired) electrons. The Morgan fingerprint density at radius 2 is 2.08 bits per heavy atom. The Morgan fingerprint density at radius 1 is 1.25 bits per heavy atom. The SMILES string of the molecule is CC1=CCc2cccc(C)c2S1. The van der Waals surface area contributed by atoms with Crippen molar-refractivity contribution >= 4 is 11.8 Å². The van der Waals surface area contributed by atoms with Crippen LogP contribution < -0.4 is 0 Å². The first-order valence-corrected chi connectivity index (χ1v) is 5.02. The first-order chi connectivity index (χ1) is 5.77. The normalized spacial score (nSPS) is 15.3. The van der Waals surface area contributed by atoms with Crippen molar-refractivity contribution in [1.82, 2.24) is 0 Å². The van der Waals surface area contributed by atoms with Crippen LogP contribution in [0.5, 0.6) is 0 Å². The molecule has 0 saturated carbocycles. The lowest BCUT2D eigenvalue weighted by molar-refractivity contribution is 1.12. The fourth-order valence-electron chi connectivity index (χ4n) is 1.48. The molecule has 0 aliphatic carbocycles. The fourth-order valence-corrected chi connectivity index (χ4v) is 2.48. The van der Waals surface area contributed by atoms with Gasteiger partial charge >= 0.3 is 0 Å². The predicted octanol–water partition coefficient (Wildman–Crippen LogP) is 3.55. The molecule has 1 heterocycles. The Labute approximate surface area is 77.7 Å². The lowest BCUT2D eigenvalue weighted by Gasteiger charge is -2.15. The van der Waals surface area contributed by atoms with Crippen LogP contribution in [0.4, 0.5) is 0 Å². The highest BCUT2D eigenvalue weighted by Crippen LogP contribution is 2.36. The molecule has 62 valence electrons. The van der Waals surface area contributed by atoms with Crippen molar-refractivity contribution in [3.8, 4) is 0 Å². The zero-order chi connectivity index (χ0) is 8.55. The molecule has 0 atom stereocenters. The lowest BCUT2D eigenvalue weighted by Crippen LogP contribution is -1.94. The third-order valence-corrected chi connectivity index (χ3v) is 3.44. The molecule has 0 N–H and O–H groups in total. The van der Waals surface area contributed by atoms with Gasteiger partial charge in [-0.15, -0.1) is 0 Å². The highest BCUT2D eigenvalue weighted by atomic mass is 32.2. The van der Waals surface area contributed by atoms with E-state index in [9.17, 15) is 0 Å². The quantitative estimate of drug-likeness (QED) is 0.582.